The lowest BCUT2D eigenvalue weighted by Crippen LogP contribution is -2.49. The zero-order valence-corrected chi connectivity index (χ0v) is 19.4. The molecule has 182 valence electrons. The molecule has 0 fully saturated rings. The highest BCUT2D eigenvalue weighted by Crippen LogP contribution is 2.09. The number of hydrogen-bond donors (Lipinski definition) is 3. The van der Waals surface area contributed by atoms with E-state index in [1.165, 1.54) is 18.2 Å². The highest BCUT2D eigenvalue weighted by Gasteiger charge is 2.22. The van der Waals surface area contributed by atoms with Crippen LogP contribution in [0.15, 0.2) is 78.9 Å². The van der Waals surface area contributed by atoms with Crippen molar-refractivity contribution < 1.29 is 23.5 Å². The van der Waals surface area contributed by atoms with Gasteiger partial charge in [0.2, 0.25) is 5.91 Å². The lowest BCUT2D eigenvalue weighted by molar-refractivity contribution is -0.123. The largest absolute Gasteiger partial charge is 0.445 e. The summed E-state index contributed by atoms with van der Waals surface area (Å²) >= 11 is 0. The first kappa shape index (κ1) is 25.4. The maximum atomic E-state index is 13.7. The van der Waals surface area contributed by atoms with Gasteiger partial charge in [-0.3, -0.25) is 9.59 Å². The van der Waals surface area contributed by atoms with E-state index < -0.39 is 29.8 Å². The van der Waals surface area contributed by atoms with E-state index in [-0.39, 0.29) is 31.7 Å². The Balaban J connectivity index is 1.51. The van der Waals surface area contributed by atoms with Crippen molar-refractivity contribution in [2.75, 3.05) is 13.1 Å². The van der Waals surface area contributed by atoms with Gasteiger partial charge in [0.25, 0.3) is 5.91 Å². The van der Waals surface area contributed by atoms with Crippen LogP contribution >= 0.6 is 0 Å². The fraction of sp³-hybridized carbons (Fsp3) is 0.222. The summed E-state index contributed by atoms with van der Waals surface area (Å²) in [7, 11) is 0. The zero-order chi connectivity index (χ0) is 25.0. The van der Waals surface area contributed by atoms with Gasteiger partial charge >= 0.3 is 6.09 Å². The van der Waals surface area contributed by atoms with Crippen LogP contribution in [0.3, 0.4) is 0 Å². The molecule has 0 heterocycles. The Labute approximate surface area is 203 Å². The number of halogens is 1. The van der Waals surface area contributed by atoms with Gasteiger partial charge in [-0.05, 0) is 35.7 Å². The number of ether oxygens (including phenoxy) is 1. The third-order valence-corrected chi connectivity index (χ3v) is 5.25. The molecule has 35 heavy (non-hydrogen) atoms. The third kappa shape index (κ3) is 8.26. The Morgan fingerprint density at radius 3 is 2.14 bits per heavy atom. The average Bonchev–Trinajstić information content (AvgIpc) is 2.87. The minimum Gasteiger partial charge on any atom is -0.445 e. The van der Waals surface area contributed by atoms with E-state index in [9.17, 15) is 18.8 Å². The van der Waals surface area contributed by atoms with Crippen LogP contribution in [-0.4, -0.2) is 37.0 Å². The number of nitrogens with one attached hydrogen (secondary N) is 3. The first-order valence-corrected chi connectivity index (χ1v) is 11.3. The van der Waals surface area contributed by atoms with Crippen molar-refractivity contribution in [1.29, 1.82) is 0 Å². The molecule has 3 rings (SSSR count). The highest BCUT2D eigenvalue weighted by atomic mass is 19.1. The molecule has 0 bridgehead atoms. The summed E-state index contributed by atoms with van der Waals surface area (Å²) in [6.45, 7) is 1.96. The van der Waals surface area contributed by atoms with Gasteiger partial charge in [-0.2, -0.15) is 0 Å². The van der Waals surface area contributed by atoms with E-state index in [4.69, 9.17) is 4.74 Å². The first-order valence-electron chi connectivity index (χ1n) is 11.3. The van der Waals surface area contributed by atoms with Crippen molar-refractivity contribution >= 4 is 17.9 Å². The number of amides is 3. The van der Waals surface area contributed by atoms with Crippen LogP contribution in [0.5, 0.6) is 0 Å². The van der Waals surface area contributed by atoms with Gasteiger partial charge in [-0.1, -0.05) is 66.7 Å². The van der Waals surface area contributed by atoms with Crippen LogP contribution in [-0.2, 0) is 22.6 Å². The minimum atomic E-state index is -0.873. The summed E-state index contributed by atoms with van der Waals surface area (Å²) in [5.41, 5.74) is 2.35. The molecule has 0 aliphatic rings. The van der Waals surface area contributed by atoms with Crippen LogP contribution in [0.2, 0.25) is 0 Å². The summed E-state index contributed by atoms with van der Waals surface area (Å²) in [5.74, 6) is -1.32. The molecule has 0 aromatic heterocycles. The monoisotopic (exact) mass is 477 g/mol. The summed E-state index contributed by atoms with van der Waals surface area (Å²) in [5, 5.41) is 7.97. The smallest absolute Gasteiger partial charge is 0.408 e. The molecule has 8 heteroatoms. The predicted octanol–water partition coefficient (Wildman–Crippen LogP) is 3.52. The van der Waals surface area contributed by atoms with Crippen molar-refractivity contribution in [3.63, 3.8) is 0 Å². The molecule has 7 nitrogen and oxygen atoms in total. The topological polar surface area (TPSA) is 96.5 Å². The molecule has 1 atom stereocenters. The molecule has 0 saturated carbocycles. The Bertz CT molecular complexity index is 1140. The molecule has 0 aliphatic carbocycles. The second kappa shape index (κ2) is 12.9. The number of benzene rings is 3. The highest BCUT2D eigenvalue weighted by molar-refractivity contribution is 5.94. The Hall–Kier alpha value is -4.20. The lowest BCUT2D eigenvalue weighted by atomic mass is 10.1. The summed E-state index contributed by atoms with van der Waals surface area (Å²) in [4.78, 5) is 37.4. The van der Waals surface area contributed by atoms with Gasteiger partial charge in [-0.15, -0.1) is 0 Å². The number of carbonyl (C=O) groups is 3. The van der Waals surface area contributed by atoms with Gasteiger partial charge in [-0.25, -0.2) is 9.18 Å². The molecule has 0 aliphatic heterocycles. The van der Waals surface area contributed by atoms with Gasteiger partial charge in [0, 0.05) is 25.1 Å². The van der Waals surface area contributed by atoms with Gasteiger partial charge in [0.05, 0.1) is 0 Å². The number of hydrogen-bond acceptors (Lipinski definition) is 4. The van der Waals surface area contributed by atoms with E-state index >= 15 is 0 Å². The van der Waals surface area contributed by atoms with Crippen molar-refractivity contribution in [3.8, 4) is 0 Å². The van der Waals surface area contributed by atoms with Gasteiger partial charge in [0.1, 0.15) is 18.5 Å². The lowest BCUT2D eigenvalue weighted by Gasteiger charge is -2.19. The van der Waals surface area contributed by atoms with Crippen molar-refractivity contribution in [3.05, 3.63) is 107 Å². The van der Waals surface area contributed by atoms with Crippen LogP contribution in [0, 0.1) is 12.7 Å². The normalized spacial score (nSPS) is 11.3. The molecular formula is C27H28FN3O4. The summed E-state index contributed by atoms with van der Waals surface area (Å²) in [6.07, 6.45) is -0.443. The molecule has 0 unspecified atom stereocenters. The molecule has 3 aromatic rings. The van der Waals surface area contributed by atoms with Crippen LogP contribution < -0.4 is 16.0 Å². The molecule has 0 spiro atoms. The standard InChI is InChI=1S/C27H28FN3O4/c1-19-12-13-22(17-23(19)28)25(32)29-14-15-30-26(33)24(16-20-8-4-2-5-9-20)31-27(34)35-18-21-10-6-3-7-11-21/h2-13,17,24H,14-16,18H2,1H3,(H,29,32)(H,30,33)(H,31,34)/t24-/m0/s1. The van der Waals surface area contributed by atoms with E-state index in [1.54, 1.807) is 6.92 Å². The van der Waals surface area contributed by atoms with Gasteiger partial charge in [0.15, 0.2) is 0 Å². The molecule has 3 aromatic carbocycles. The molecular weight excluding hydrogens is 449 g/mol. The molecule has 3 amide bonds. The SMILES string of the molecule is Cc1ccc(C(=O)NCCNC(=O)[C@H](Cc2ccccc2)NC(=O)OCc2ccccc2)cc1F. The van der Waals surface area contributed by atoms with Crippen molar-refractivity contribution in [2.24, 2.45) is 0 Å². The van der Waals surface area contributed by atoms with Crippen LogP contribution in [0.25, 0.3) is 0 Å². The van der Waals surface area contributed by atoms with Crippen molar-refractivity contribution in [1.82, 2.24) is 16.0 Å². The average molecular weight is 478 g/mol. The third-order valence-electron chi connectivity index (χ3n) is 5.25. The second-order valence-electron chi connectivity index (χ2n) is 7.96. The fourth-order valence-electron chi connectivity index (χ4n) is 3.29. The fourth-order valence-corrected chi connectivity index (χ4v) is 3.29. The number of rotatable bonds is 10. The summed E-state index contributed by atoms with van der Waals surface area (Å²) in [6, 6.07) is 21.9. The van der Waals surface area contributed by atoms with Gasteiger partial charge < -0.3 is 20.7 Å². The van der Waals surface area contributed by atoms with Crippen LogP contribution in [0.1, 0.15) is 27.0 Å². The summed E-state index contributed by atoms with van der Waals surface area (Å²) < 4.78 is 18.9. The molecule has 3 N–H and O–H groups in total. The minimum absolute atomic E-state index is 0.0813. The van der Waals surface area contributed by atoms with E-state index in [0.717, 1.165) is 11.1 Å². The molecule has 0 radical (unpaired) electrons. The predicted molar refractivity (Wildman–Crippen MR) is 130 cm³/mol. The Kier molecular flexibility index (Phi) is 9.36. The quantitative estimate of drug-likeness (QED) is 0.390. The second-order valence-corrected chi connectivity index (χ2v) is 7.96. The van der Waals surface area contributed by atoms with E-state index in [2.05, 4.69) is 16.0 Å². The maximum absolute atomic E-state index is 13.7. The first-order chi connectivity index (χ1) is 16.9. The van der Waals surface area contributed by atoms with E-state index in [0.29, 0.717) is 5.56 Å². The Morgan fingerprint density at radius 1 is 0.857 bits per heavy atom. The van der Waals surface area contributed by atoms with Crippen LogP contribution in [0.4, 0.5) is 9.18 Å². The van der Waals surface area contributed by atoms with Crippen molar-refractivity contribution in [2.45, 2.75) is 26.0 Å². The number of carbonyl (C=O) groups excluding carboxylic acids is 3. The Morgan fingerprint density at radius 2 is 1.49 bits per heavy atom. The number of aryl methyl sites for hydroxylation is 1. The molecule has 0 saturated heterocycles. The maximum Gasteiger partial charge on any atom is 0.408 e. The number of alkyl carbamates (subject to hydrolysis) is 1. The zero-order valence-electron chi connectivity index (χ0n) is 19.4. The van der Waals surface area contributed by atoms with E-state index in [1.807, 2.05) is 60.7 Å².